The minimum absolute atomic E-state index is 0.228. The number of nitrogens with one attached hydrogen (secondary N) is 2. The van der Waals surface area contributed by atoms with Crippen LogP contribution in [0.2, 0.25) is 0 Å². The maximum atomic E-state index is 5.71. The fourth-order valence-corrected chi connectivity index (χ4v) is 2.48. The normalized spacial score (nSPS) is 19.9. The van der Waals surface area contributed by atoms with Crippen LogP contribution >= 0.6 is 0 Å². The maximum Gasteiger partial charge on any atom is 0.148 e. The Hall–Kier alpha value is -1.40. The van der Waals surface area contributed by atoms with Crippen molar-refractivity contribution in [3.63, 3.8) is 0 Å². The van der Waals surface area contributed by atoms with Gasteiger partial charge in [0.25, 0.3) is 0 Å². The zero-order valence-electron chi connectivity index (χ0n) is 12.6. The van der Waals surface area contributed by atoms with Crippen LogP contribution in [0, 0.1) is 6.92 Å². The van der Waals surface area contributed by atoms with Gasteiger partial charge in [-0.25, -0.2) is 15.8 Å². The lowest BCUT2D eigenvalue weighted by molar-refractivity contribution is 0.0995. The summed E-state index contributed by atoms with van der Waals surface area (Å²) in [6.45, 7) is 7.07. The Labute approximate surface area is 120 Å². The lowest BCUT2D eigenvalue weighted by Crippen LogP contribution is -2.31. The van der Waals surface area contributed by atoms with Crippen molar-refractivity contribution in [3.05, 3.63) is 11.4 Å². The highest BCUT2D eigenvalue weighted by Gasteiger charge is 2.23. The van der Waals surface area contributed by atoms with Crippen molar-refractivity contribution >= 4 is 11.6 Å². The van der Waals surface area contributed by atoms with E-state index in [1.165, 1.54) is 0 Å². The molecular weight excluding hydrogens is 254 g/mol. The van der Waals surface area contributed by atoms with Crippen LogP contribution in [0.1, 0.15) is 44.5 Å². The van der Waals surface area contributed by atoms with Crippen LogP contribution in [-0.4, -0.2) is 28.7 Å². The minimum atomic E-state index is 0.228. The van der Waals surface area contributed by atoms with Gasteiger partial charge >= 0.3 is 0 Å². The van der Waals surface area contributed by atoms with Crippen molar-refractivity contribution in [1.82, 2.24) is 9.97 Å². The van der Waals surface area contributed by atoms with E-state index in [4.69, 9.17) is 10.6 Å². The Morgan fingerprint density at radius 1 is 1.40 bits per heavy atom. The Balaban J connectivity index is 2.17. The van der Waals surface area contributed by atoms with Crippen molar-refractivity contribution in [2.24, 2.45) is 5.84 Å². The first-order valence-corrected chi connectivity index (χ1v) is 7.38. The van der Waals surface area contributed by atoms with Gasteiger partial charge in [-0.1, -0.05) is 6.92 Å². The van der Waals surface area contributed by atoms with Crippen molar-refractivity contribution in [1.29, 1.82) is 0 Å². The van der Waals surface area contributed by atoms with Crippen LogP contribution in [0.3, 0.4) is 0 Å². The number of aryl methyl sites for hydroxylation is 1. The third kappa shape index (κ3) is 3.37. The van der Waals surface area contributed by atoms with Crippen molar-refractivity contribution in [3.8, 4) is 0 Å². The van der Waals surface area contributed by atoms with E-state index in [2.05, 4.69) is 34.6 Å². The van der Waals surface area contributed by atoms with Gasteiger partial charge < -0.3 is 15.5 Å². The Kier molecular flexibility index (Phi) is 5.14. The summed E-state index contributed by atoms with van der Waals surface area (Å²) < 4.78 is 5.71. The number of nitrogens with zero attached hydrogens (tertiary/aromatic N) is 2. The van der Waals surface area contributed by atoms with Gasteiger partial charge in [0.2, 0.25) is 0 Å². The third-order valence-electron chi connectivity index (χ3n) is 3.69. The van der Waals surface area contributed by atoms with Gasteiger partial charge in [0.15, 0.2) is 0 Å². The predicted molar refractivity (Wildman–Crippen MR) is 80.6 cm³/mol. The molecule has 6 nitrogen and oxygen atoms in total. The summed E-state index contributed by atoms with van der Waals surface area (Å²) in [5, 5.41) is 3.45. The number of ether oxygens (including phenoxy) is 1. The SMILES string of the molecule is CCCc1nc(NN)c(C)c(NC(C)C2CCCO2)n1. The maximum absolute atomic E-state index is 5.71. The summed E-state index contributed by atoms with van der Waals surface area (Å²) in [5.74, 6) is 7.89. The molecule has 0 amide bonds. The zero-order chi connectivity index (χ0) is 14.5. The molecule has 0 aromatic carbocycles. The van der Waals surface area contributed by atoms with Gasteiger partial charge in [-0.15, -0.1) is 0 Å². The van der Waals surface area contributed by atoms with E-state index in [0.717, 1.165) is 49.5 Å². The summed E-state index contributed by atoms with van der Waals surface area (Å²) >= 11 is 0. The molecule has 2 atom stereocenters. The summed E-state index contributed by atoms with van der Waals surface area (Å²) in [6, 6.07) is 0.228. The molecule has 1 fully saturated rings. The first kappa shape index (κ1) is 15.0. The monoisotopic (exact) mass is 279 g/mol. The van der Waals surface area contributed by atoms with E-state index >= 15 is 0 Å². The fourth-order valence-electron chi connectivity index (χ4n) is 2.48. The Bertz CT molecular complexity index is 445. The highest BCUT2D eigenvalue weighted by molar-refractivity contribution is 5.57. The molecule has 1 aromatic heterocycles. The second kappa shape index (κ2) is 6.85. The van der Waals surface area contributed by atoms with Gasteiger partial charge in [-0.2, -0.15) is 0 Å². The van der Waals surface area contributed by atoms with Gasteiger partial charge in [-0.05, 0) is 33.1 Å². The molecule has 112 valence electrons. The number of nitrogen functional groups attached to an aromatic ring is 1. The van der Waals surface area contributed by atoms with Crippen molar-refractivity contribution < 1.29 is 4.74 Å². The van der Waals surface area contributed by atoms with Crippen molar-refractivity contribution in [2.75, 3.05) is 17.3 Å². The lowest BCUT2D eigenvalue weighted by Gasteiger charge is -2.22. The highest BCUT2D eigenvalue weighted by Crippen LogP contribution is 2.23. The van der Waals surface area contributed by atoms with Crippen LogP contribution in [0.15, 0.2) is 0 Å². The molecule has 2 heterocycles. The summed E-state index contributed by atoms with van der Waals surface area (Å²) in [5.41, 5.74) is 3.60. The van der Waals surface area contributed by atoms with E-state index in [0.29, 0.717) is 5.82 Å². The van der Waals surface area contributed by atoms with Gasteiger partial charge in [0, 0.05) is 18.6 Å². The van der Waals surface area contributed by atoms with E-state index in [1.54, 1.807) is 0 Å². The number of aromatic nitrogens is 2. The highest BCUT2D eigenvalue weighted by atomic mass is 16.5. The zero-order valence-corrected chi connectivity index (χ0v) is 12.6. The van der Waals surface area contributed by atoms with E-state index in [9.17, 15) is 0 Å². The van der Waals surface area contributed by atoms with Crippen LogP contribution in [0.4, 0.5) is 11.6 Å². The first-order valence-electron chi connectivity index (χ1n) is 7.38. The van der Waals surface area contributed by atoms with Crippen LogP contribution < -0.4 is 16.6 Å². The third-order valence-corrected chi connectivity index (χ3v) is 3.69. The van der Waals surface area contributed by atoms with Gasteiger partial charge in [0.1, 0.15) is 17.5 Å². The molecule has 20 heavy (non-hydrogen) atoms. The molecule has 2 unspecified atom stereocenters. The first-order chi connectivity index (χ1) is 9.65. The van der Waals surface area contributed by atoms with E-state index in [-0.39, 0.29) is 12.1 Å². The minimum Gasteiger partial charge on any atom is -0.376 e. The topological polar surface area (TPSA) is 85.1 Å². The van der Waals surface area contributed by atoms with Crippen LogP contribution in [0.25, 0.3) is 0 Å². The fraction of sp³-hybridized carbons (Fsp3) is 0.714. The largest absolute Gasteiger partial charge is 0.376 e. The molecule has 1 aliphatic rings. The summed E-state index contributed by atoms with van der Waals surface area (Å²) in [6.07, 6.45) is 4.34. The molecule has 6 heteroatoms. The number of anilines is 2. The molecule has 1 saturated heterocycles. The molecule has 0 saturated carbocycles. The molecule has 0 bridgehead atoms. The molecule has 4 N–H and O–H groups in total. The molecule has 1 aromatic rings. The molecule has 0 spiro atoms. The molecule has 0 radical (unpaired) electrons. The van der Waals surface area contributed by atoms with Crippen LogP contribution in [-0.2, 0) is 11.2 Å². The smallest absolute Gasteiger partial charge is 0.148 e. The molecular formula is C14H25N5O. The lowest BCUT2D eigenvalue weighted by atomic mass is 10.1. The Morgan fingerprint density at radius 2 is 2.15 bits per heavy atom. The Morgan fingerprint density at radius 3 is 2.75 bits per heavy atom. The second-order valence-corrected chi connectivity index (χ2v) is 5.34. The standard InChI is InChI=1S/C14H25N5O/c1-4-6-12-17-13(9(2)14(18-12)19-15)16-10(3)11-7-5-8-20-11/h10-11H,4-8,15H2,1-3H3,(H2,16,17,18,19). The summed E-state index contributed by atoms with van der Waals surface area (Å²) in [4.78, 5) is 9.04. The number of rotatable bonds is 6. The van der Waals surface area contributed by atoms with Crippen LogP contribution in [0.5, 0.6) is 0 Å². The average molecular weight is 279 g/mol. The number of nitrogens with two attached hydrogens (primary N) is 1. The van der Waals surface area contributed by atoms with Gasteiger partial charge in [-0.3, -0.25) is 0 Å². The summed E-state index contributed by atoms with van der Waals surface area (Å²) in [7, 11) is 0. The number of hydrazine groups is 1. The number of hydrogen-bond donors (Lipinski definition) is 3. The second-order valence-electron chi connectivity index (χ2n) is 5.34. The van der Waals surface area contributed by atoms with Crippen molar-refractivity contribution in [2.45, 2.75) is 58.6 Å². The quantitative estimate of drug-likeness (QED) is 0.545. The molecule has 0 aliphatic carbocycles. The predicted octanol–water partition coefficient (Wildman–Crippen LogP) is 2.00. The molecule has 2 rings (SSSR count). The van der Waals surface area contributed by atoms with E-state index < -0.39 is 0 Å². The van der Waals surface area contributed by atoms with E-state index in [1.807, 2.05) is 6.92 Å². The average Bonchev–Trinajstić information content (AvgIpc) is 2.96. The molecule has 1 aliphatic heterocycles. The van der Waals surface area contributed by atoms with Gasteiger partial charge in [0.05, 0.1) is 12.1 Å². The number of hydrogen-bond acceptors (Lipinski definition) is 6.